The second kappa shape index (κ2) is 12.6. The topological polar surface area (TPSA) is 122 Å². The average Bonchev–Trinajstić information content (AvgIpc) is 2.81. The number of aliphatic carboxylic acids is 1. The first-order valence-electron chi connectivity index (χ1n) is 11.6. The van der Waals surface area contributed by atoms with Crippen LogP contribution in [0.2, 0.25) is 0 Å². The normalized spacial score (nSPS) is 12.3. The minimum atomic E-state index is -5.56. The molecule has 0 spiro atoms. The summed E-state index contributed by atoms with van der Waals surface area (Å²) in [5.74, 6) is -6.66. The highest BCUT2D eigenvalue weighted by atomic mass is 19.4. The predicted octanol–water partition coefficient (Wildman–Crippen LogP) is 4.65. The van der Waals surface area contributed by atoms with E-state index in [0.717, 1.165) is 6.07 Å². The Morgan fingerprint density at radius 3 is 2.26 bits per heavy atom. The predicted molar refractivity (Wildman–Crippen MR) is 131 cm³/mol. The Bertz CT molecular complexity index is 1210. The van der Waals surface area contributed by atoms with E-state index in [9.17, 15) is 37.5 Å². The Kier molecular flexibility index (Phi) is 10.0. The molecular weight excluding hydrogens is 528 g/mol. The molecule has 2 aromatic rings. The molecule has 39 heavy (non-hydrogen) atoms. The summed E-state index contributed by atoms with van der Waals surface area (Å²) in [6.07, 6.45) is -6.63. The monoisotopic (exact) mass is 556 g/mol. The second-order valence-electron chi connectivity index (χ2n) is 9.53. The first-order valence-corrected chi connectivity index (χ1v) is 11.6. The number of benzene rings is 2. The van der Waals surface area contributed by atoms with E-state index in [1.54, 1.807) is 51.1 Å². The number of ether oxygens (including phenoxy) is 2. The quantitative estimate of drug-likeness (QED) is 0.323. The highest BCUT2D eigenvalue weighted by Gasteiger charge is 2.45. The second-order valence-corrected chi connectivity index (χ2v) is 9.53. The van der Waals surface area contributed by atoms with Gasteiger partial charge >= 0.3 is 24.1 Å². The van der Waals surface area contributed by atoms with Gasteiger partial charge in [-0.25, -0.2) is 9.18 Å². The minimum absolute atomic E-state index is 0.227. The lowest BCUT2D eigenvalue weighted by molar-refractivity contribution is -0.171. The molecule has 0 unspecified atom stereocenters. The first kappa shape index (κ1) is 31.1. The largest absolute Gasteiger partial charge is 0.487 e. The third-order valence-corrected chi connectivity index (χ3v) is 5.03. The number of alkyl carbamates (subject to hydrolysis) is 1. The molecule has 2 amide bonds. The third kappa shape index (κ3) is 8.97. The van der Waals surface area contributed by atoms with Gasteiger partial charge in [0.1, 0.15) is 30.2 Å². The van der Waals surface area contributed by atoms with Gasteiger partial charge in [0.25, 0.3) is 0 Å². The molecule has 0 aromatic heterocycles. The Labute approximate surface area is 221 Å². The molecule has 212 valence electrons. The number of hydrogen-bond acceptors (Lipinski definition) is 6. The molecule has 0 radical (unpaired) electrons. The molecule has 2 aromatic carbocycles. The van der Waals surface area contributed by atoms with Crippen LogP contribution in [-0.2, 0) is 27.4 Å². The number of aldehydes is 1. The summed E-state index contributed by atoms with van der Waals surface area (Å²) in [7, 11) is 0. The Morgan fingerprint density at radius 2 is 1.74 bits per heavy atom. The van der Waals surface area contributed by atoms with E-state index < -0.39 is 71.6 Å². The smallest absolute Gasteiger partial charge is 0.471 e. The van der Waals surface area contributed by atoms with Crippen LogP contribution in [0.1, 0.15) is 49.2 Å². The molecule has 0 bridgehead atoms. The van der Waals surface area contributed by atoms with Crippen LogP contribution in [-0.4, -0.2) is 53.7 Å². The number of anilines is 1. The van der Waals surface area contributed by atoms with Crippen molar-refractivity contribution in [1.29, 1.82) is 0 Å². The summed E-state index contributed by atoms with van der Waals surface area (Å²) in [5, 5.41) is 11.6. The van der Waals surface area contributed by atoms with Crippen LogP contribution in [0.4, 0.5) is 28.0 Å². The zero-order valence-electron chi connectivity index (χ0n) is 21.6. The molecule has 0 saturated heterocycles. The van der Waals surface area contributed by atoms with E-state index in [0.29, 0.717) is 5.56 Å². The number of nitrogens with one attached hydrogen (secondary N) is 1. The maximum absolute atomic E-state index is 16.0. The summed E-state index contributed by atoms with van der Waals surface area (Å²) in [6.45, 7) is 4.39. The van der Waals surface area contributed by atoms with Crippen molar-refractivity contribution in [3.63, 3.8) is 0 Å². The lowest BCUT2D eigenvalue weighted by Crippen LogP contribution is -2.45. The van der Waals surface area contributed by atoms with Gasteiger partial charge in [0, 0.05) is 17.2 Å². The maximum Gasteiger partial charge on any atom is 0.471 e. The summed E-state index contributed by atoms with van der Waals surface area (Å²) in [6, 6.07) is 8.20. The molecule has 0 heterocycles. The van der Waals surface area contributed by atoms with E-state index in [4.69, 9.17) is 9.47 Å². The number of carbonyl (C=O) groups excluding carboxylic acids is 3. The summed E-state index contributed by atoms with van der Waals surface area (Å²) >= 11 is 0. The van der Waals surface area contributed by atoms with Crippen LogP contribution in [0.5, 0.6) is 5.75 Å². The molecule has 13 heteroatoms. The number of carboxylic acids is 1. The molecule has 2 N–H and O–H groups in total. The Balaban J connectivity index is 2.63. The van der Waals surface area contributed by atoms with Gasteiger partial charge in [-0.1, -0.05) is 30.3 Å². The van der Waals surface area contributed by atoms with E-state index in [1.807, 2.05) is 0 Å². The number of halogens is 4. The number of rotatable bonds is 10. The lowest BCUT2D eigenvalue weighted by Gasteiger charge is -2.27. The van der Waals surface area contributed by atoms with Crippen molar-refractivity contribution in [3.8, 4) is 5.75 Å². The van der Waals surface area contributed by atoms with Crippen LogP contribution in [0.15, 0.2) is 36.4 Å². The molecule has 1 atom stereocenters. The van der Waals surface area contributed by atoms with Gasteiger partial charge in [-0.2, -0.15) is 13.2 Å². The fourth-order valence-electron chi connectivity index (χ4n) is 3.49. The van der Waals surface area contributed by atoms with E-state index >= 15 is 4.39 Å². The van der Waals surface area contributed by atoms with Gasteiger partial charge in [-0.15, -0.1) is 0 Å². The van der Waals surface area contributed by atoms with Crippen molar-refractivity contribution in [2.75, 3.05) is 11.4 Å². The SMILES string of the molecule is C[C@@H](Cc1c(C=O)cc(OCc2ccccc2)c(N(CC(=O)O)C(=O)C(F)(F)F)c1F)NC(=O)OC(C)(C)C. The molecule has 2 rings (SSSR count). The highest BCUT2D eigenvalue weighted by Crippen LogP contribution is 2.38. The summed E-state index contributed by atoms with van der Waals surface area (Å²) in [4.78, 5) is 47.3. The molecule has 0 aliphatic rings. The van der Waals surface area contributed by atoms with Crippen LogP contribution >= 0.6 is 0 Å². The zero-order valence-corrected chi connectivity index (χ0v) is 21.6. The van der Waals surface area contributed by atoms with Crippen molar-refractivity contribution >= 4 is 29.9 Å². The van der Waals surface area contributed by atoms with Crippen LogP contribution < -0.4 is 15.0 Å². The van der Waals surface area contributed by atoms with Crippen molar-refractivity contribution in [2.45, 2.75) is 58.5 Å². The number of carbonyl (C=O) groups is 4. The molecule has 0 aliphatic heterocycles. The fourth-order valence-corrected chi connectivity index (χ4v) is 3.49. The van der Waals surface area contributed by atoms with Crippen molar-refractivity contribution in [3.05, 3.63) is 58.9 Å². The van der Waals surface area contributed by atoms with Crippen molar-refractivity contribution in [2.24, 2.45) is 0 Å². The highest BCUT2D eigenvalue weighted by molar-refractivity contribution is 6.02. The summed E-state index contributed by atoms with van der Waals surface area (Å²) < 4.78 is 66.9. The van der Waals surface area contributed by atoms with Crippen LogP contribution in [0.25, 0.3) is 0 Å². The van der Waals surface area contributed by atoms with Gasteiger partial charge in [0.05, 0.1) is 0 Å². The number of carboxylic acid groups (broad SMARTS) is 1. The Hall–Kier alpha value is -4.16. The molecule has 0 saturated carbocycles. The van der Waals surface area contributed by atoms with E-state index in [-0.39, 0.29) is 23.4 Å². The minimum Gasteiger partial charge on any atom is -0.487 e. The van der Waals surface area contributed by atoms with Crippen molar-refractivity contribution < 1.29 is 51.3 Å². The van der Waals surface area contributed by atoms with Crippen molar-refractivity contribution in [1.82, 2.24) is 5.32 Å². The lowest BCUT2D eigenvalue weighted by atomic mass is 9.98. The van der Waals surface area contributed by atoms with Crippen LogP contribution in [0.3, 0.4) is 0 Å². The van der Waals surface area contributed by atoms with E-state index in [1.165, 1.54) is 6.92 Å². The molecule has 0 aliphatic carbocycles. The average molecular weight is 557 g/mol. The molecule has 9 nitrogen and oxygen atoms in total. The van der Waals surface area contributed by atoms with E-state index in [2.05, 4.69) is 5.32 Å². The van der Waals surface area contributed by atoms with Gasteiger partial charge < -0.3 is 19.9 Å². The number of nitrogens with zero attached hydrogens (tertiary/aromatic N) is 1. The molecule has 0 fully saturated rings. The summed E-state index contributed by atoms with van der Waals surface area (Å²) in [5.41, 5.74) is -2.26. The van der Waals surface area contributed by atoms with Gasteiger partial charge in [-0.3, -0.25) is 19.3 Å². The Morgan fingerprint density at radius 1 is 1.13 bits per heavy atom. The zero-order chi connectivity index (χ0) is 29.5. The van der Waals surface area contributed by atoms with Gasteiger partial charge in [0.15, 0.2) is 12.1 Å². The van der Waals surface area contributed by atoms with Crippen LogP contribution in [0, 0.1) is 5.82 Å². The number of alkyl halides is 3. The molecular formula is C26H28F4N2O7. The maximum atomic E-state index is 16.0. The third-order valence-electron chi connectivity index (χ3n) is 5.03. The van der Waals surface area contributed by atoms with Gasteiger partial charge in [-0.05, 0) is 45.7 Å². The number of hydrogen-bond donors (Lipinski definition) is 2. The number of amides is 2. The fraction of sp³-hybridized carbons (Fsp3) is 0.385. The van der Waals surface area contributed by atoms with Gasteiger partial charge in [0.2, 0.25) is 0 Å². The standard InChI is InChI=1S/C26H28F4N2O7/c1-15(31-24(37)39-25(2,3)4)10-18-17(13-33)11-19(38-14-16-8-6-5-7-9-16)22(21(18)27)32(12-20(34)35)23(36)26(28,29)30/h5-9,11,13,15H,10,12,14H2,1-4H3,(H,31,37)(H,34,35)/t15-/m0/s1. The first-order chi connectivity index (χ1) is 18.0.